The zero-order chi connectivity index (χ0) is 12.1. The summed E-state index contributed by atoms with van der Waals surface area (Å²) in [4.78, 5) is 0. The van der Waals surface area contributed by atoms with Crippen molar-refractivity contribution in [2.75, 3.05) is 6.54 Å². The van der Waals surface area contributed by atoms with E-state index in [1.54, 1.807) is 0 Å². The minimum absolute atomic E-state index is 0.614. The van der Waals surface area contributed by atoms with E-state index in [0.717, 1.165) is 18.8 Å². The normalized spacial score (nSPS) is 15.1. The molecule has 2 unspecified atom stereocenters. The van der Waals surface area contributed by atoms with E-state index in [9.17, 15) is 0 Å². The van der Waals surface area contributed by atoms with Gasteiger partial charge in [0.15, 0.2) is 0 Å². The van der Waals surface area contributed by atoms with E-state index in [0.29, 0.717) is 12.0 Å². The van der Waals surface area contributed by atoms with Gasteiger partial charge in [0.25, 0.3) is 0 Å². The number of aromatic nitrogens is 2. The Balaban J connectivity index is 2.39. The molecule has 0 spiro atoms. The number of aryl methyl sites for hydroxylation is 2. The molecule has 1 heterocycles. The van der Waals surface area contributed by atoms with Crippen LogP contribution in [-0.4, -0.2) is 22.4 Å². The fourth-order valence-corrected chi connectivity index (χ4v) is 1.77. The average molecular weight is 223 g/mol. The number of rotatable bonds is 6. The lowest BCUT2D eigenvalue weighted by molar-refractivity contribution is 0.392. The standard InChI is InChI=1S/C13H25N3/c1-6-11(3)14-8-10(2)9-16-13(5)7-12(4)15-16/h7,10-11,14H,6,8-9H2,1-5H3. The van der Waals surface area contributed by atoms with Gasteiger partial charge in [-0.2, -0.15) is 5.10 Å². The molecule has 0 aromatic carbocycles. The number of nitrogens with one attached hydrogen (secondary N) is 1. The Bertz CT molecular complexity index is 317. The molecule has 1 aromatic rings. The van der Waals surface area contributed by atoms with E-state index in [1.807, 2.05) is 6.92 Å². The third-order valence-electron chi connectivity index (χ3n) is 3.02. The van der Waals surface area contributed by atoms with Gasteiger partial charge < -0.3 is 5.32 Å². The summed E-state index contributed by atoms with van der Waals surface area (Å²) < 4.78 is 2.11. The summed E-state index contributed by atoms with van der Waals surface area (Å²) in [5.41, 5.74) is 2.37. The van der Waals surface area contributed by atoms with Crippen molar-refractivity contribution in [3.63, 3.8) is 0 Å². The molecule has 0 amide bonds. The molecule has 0 aliphatic carbocycles. The molecule has 92 valence electrons. The molecule has 3 heteroatoms. The minimum atomic E-state index is 0.614. The second kappa shape index (κ2) is 6.04. The Kier molecular flexibility index (Phi) is 5.00. The van der Waals surface area contributed by atoms with Crippen molar-refractivity contribution in [2.45, 2.75) is 53.6 Å². The summed E-state index contributed by atoms with van der Waals surface area (Å²) >= 11 is 0. The predicted molar refractivity (Wildman–Crippen MR) is 68.6 cm³/mol. The highest BCUT2D eigenvalue weighted by Crippen LogP contribution is 2.06. The first-order chi connectivity index (χ1) is 7.52. The predicted octanol–water partition coefficient (Wildman–Crippen LogP) is 2.52. The van der Waals surface area contributed by atoms with E-state index in [-0.39, 0.29) is 0 Å². The minimum Gasteiger partial charge on any atom is -0.314 e. The van der Waals surface area contributed by atoms with Gasteiger partial charge in [-0.3, -0.25) is 4.68 Å². The van der Waals surface area contributed by atoms with Crippen LogP contribution in [-0.2, 0) is 6.54 Å². The molecular weight excluding hydrogens is 198 g/mol. The summed E-state index contributed by atoms with van der Waals surface area (Å²) in [6.45, 7) is 12.9. The first-order valence-corrected chi connectivity index (χ1v) is 6.27. The third-order valence-corrected chi connectivity index (χ3v) is 3.02. The second-order valence-electron chi connectivity index (χ2n) is 4.93. The Morgan fingerprint density at radius 2 is 2.06 bits per heavy atom. The van der Waals surface area contributed by atoms with Crippen LogP contribution in [0.25, 0.3) is 0 Å². The van der Waals surface area contributed by atoms with Crippen LogP contribution in [0, 0.1) is 19.8 Å². The Morgan fingerprint density at radius 3 is 2.56 bits per heavy atom. The molecule has 0 saturated carbocycles. The van der Waals surface area contributed by atoms with Crippen LogP contribution in [0.2, 0.25) is 0 Å². The summed E-state index contributed by atoms with van der Waals surface area (Å²) in [7, 11) is 0. The van der Waals surface area contributed by atoms with Gasteiger partial charge in [0.1, 0.15) is 0 Å². The van der Waals surface area contributed by atoms with Gasteiger partial charge in [-0.15, -0.1) is 0 Å². The van der Waals surface area contributed by atoms with Gasteiger partial charge in [0.2, 0.25) is 0 Å². The highest BCUT2D eigenvalue weighted by molar-refractivity contribution is 5.06. The van der Waals surface area contributed by atoms with Crippen molar-refractivity contribution in [3.05, 3.63) is 17.5 Å². The van der Waals surface area contributed by atoms with Crippen LogP contribution in [0.4, 0.5) is 0 Å². The lowest BCUT2D eigenvalue weighted by Crippen LogP contribution is -2.31. The van der Waals surface area contributed by atoms with Crippen LogP contribution in [0.1, 0.15) is 38.6 Å². The largest absolute Gasteiger partial charge is 0.314 e. The molecule has 1 aromatic heterocycles. The fourth-order valence-electron chi connectivity index (χ4n) is 1.77. The Morgan fingerprint density at radius 1 is 1.38 bits per heavy atom. The lowest BCUT2D eigenvalue weighted by Gasteiger charge is -2.17. The maximum atomic E-state index is 4.49. The maximum absolute atomic E-state index is 4.49. The number of hydrogen-bond donors (Lipinski definition) is 1. The number of hydrogen-bond acceptors (Lipinski definition) is 2. The van der Waals surface area contributed by atoms with Gasteiger partial charge in [-0.1, -0.05) is 13.8 Å². The van der Waals surface area contributed by atoms with Crippen LogP contribution in [0.15, 0.2) is 6.07 Å². The number of nitrogens with zero attached hydrogens (tertiary/aromatic N) is 2. The second-order valence-corrected chi connectivity index (χ2v) is 4.93. The molecule has 2 atom stereocenters. The molecule has 0 radical (unpaired) electrons. The first kappa shape index (κ1) is 13.2. The van der Waals surface area contributed by atoms with Crippen molar-refractivity contribution < 1.29 is 0 Å². The molecule has 0 fully saturated rings. The van der Waals surface area contributed by atoms with Crippen LogP contribution >= 0.6 is 0 Å². The van der Waals surface area contributed by atoms with E-state index in [1.165, 1.54) is 12.1 Å². The SMILES string of the molecule is CCC(C)NCC(C)Cn1nc(C)cc1C. The van der Waals surface area contributed by atoms with E-state index >= 15 is 0 Å². The van der Waals surface area contributed by atoms with Gasteiger partial charge in [-0.25, -0.2) is 0 Å². The van der Waals surface area contributed by atoms with Crippen molar-refractivity contribution in [2.24, 2.45) is 5.92 Å². The van der Waals surface area contributed by atoms with Crippen LogP contribution in [0.5, 0.6) is 0 Å². The summed E-state index contributed by atoms with van der Waals surface area (Å²) in [5, 5.41) is 8.02. The Labute approximate surface area is 99.2 Å². The molecule has 16 heavy (non-hydrogen) atoms. The highest BCUT2D eigenvalue weighted by Gasteiger charge is 2.07. The highest BCUT2D eigenvalue weighted by atomic mass is 15.3. The first-order valence-electron chi connectivity index (χ1n) is 6.27. The van der Waals surface area contributed by atoms with Gasteiger partial charge >= 0.3 is 0 Å². The van der Waals surface area contributed by atoms with Crippen molar-refractivity contribution in [1.29, 1.82) is 0 Å². The maximum Gasteiger partial charge on any atom is 0.0596 e. The van der Waals surface area contributed by atoms with E-state index in [2.05, 4.69) is 48.9 Å². The molecule has 0 bridgehead atoms. The van der Waals surface area contributed by atoms with Gasteiger partial charge in [-0.05, 0) is 45.7 Å². The zero-order valence-electron chi connectivity index (χ0n) is 11.2. The van der Waals surface area contributed by atoms with Crippen LogP contribution in [0.3, 0.4) is 0 Å². The molecule has 0 aliphatic heterocycles. The quantitative estimate of drug-likeness (QED) is 0.803. The summed E-state index contributed by atoms with van der Waals surface area (Å²) in [5.74, 6) is 0.618. The van der Waals surface area contributed by atoms with E-state index < -0.39 is 0 Å². The third kappa shape index (κ3) is 3.97. The fraction of sp³-hybridized carbons (Fsp3) is 0.769. The van der Waals surface area contributed by atoms with Crippen molar-refractivity contribution >= 4 is 0 Å². The van der Waals surface area contributed by atoms with Crippen LogP contribution < -0.4 is 5.32 Å². The topological polar surface area (TPSA) is 29.9 Å². The smallest absolute Gasteiger partial charge is 0.0596 e. The lowest BCUT2D eigenvalue weighted by atomic mass is 10.1. The van der Waals surface area contributed by atoms with Crippen molar-refractivity contribution in [1.82, 2.24) is 15.1 Å². The zero-order valence-corrected chi connectivity index (χ0v) is 11.2. The molecule has 1 rings (SSSR count). The van der Waals surface area contributed by atoms with Gasteiger partial charge in [0, 0.05) is 18.3 Å². The Hall–Kier alpha value is -0.830. The molecule has 3 nitrogen and oxygen atoms in total. The van der Waals surface area contributed by atoms with Crippen molar-refractivity contribution in [3.8, 4) is 0 Å². The summed E-state index contributed by atoms with van der Waals surface area (Å²) in [6, 6.07) is 2.75. The molecule has 1 N–H and O–H groups in total. The van der Waals surface area contributed by atoms with Gasteiger partial charge in [0.05, 0.1) is 5.69 Å². The molecule has 0 aliphatic rings. The molecule has 0 saturated heterocycles. The average Bonchev–Trinajstić information content (AvgIpc) is 2.54. The molecular formula is C13H25N3. The monoisotopic (exact) mass is 223 g/mol. The van der Waals surface area contributed by atoms with E-state index in [4.69, 9.17) is 0 Å². The summed E-state index contributed by atoms with van der Waals surface area (Å²) in [6.07, 6.45) is 1.19.